The third-order valence-electron chi connectivity index (χ3n) is 4.85. The number of aryl methyl sites for hydroxylation is 1. The molecule has 1 N–H and O–H groups in total. The van der Waals surface area contributed by atoms with Gasteiger partial charge in [-0.3, -0.25) is 14.9 Å². The molecular formula is C24H22N2O5. The van der Waals surface area contributed by atoms with Crippen LogP contribution in [0.5, 0.6) is 0 Å². The molecule has 7 nitrogen and oxygen atoms in total. The van der Waals surface area contributed by atoms with E-state index in [4.69, 9.17) is 4.74 Å². The normalized spacial score (nSPS) is 11.6. The smallest absolute Gasteiger partial charge is 0.339 e. The lowest BCUT2D eigenvalue weighted by Crippen LogP contribution is -2.38. The van der Waals surface area contributed by atoms with E-state index in [-0.39, 0.29) is 11.3 Å². The maximum absolute atomic E-state index is 12.8. The minimum atomic E-state index is -1.09. The Morgan fingerprint density at radius 2 is 1.48 bits per heavy atom. The Hall–Kier alpha value is -4.00. The van der Waals surface area contributed by atoms with E-state index >= 15 is 0 Å². The van der Waals surface area contributed by atoms with Crippen LogP contribution in [0.1, 0.15) is 40.0 Å². The van der Waals surface area contributed by atoms with Crippen LogP contribution < -0.4 is 5.32 Å². The molecule has 0 aliphatic rings. The van der Waals surface area contributed by atoms with Crippen LogP contribution in [0.15, 0.2) is 78.9 Å². The Labute approximate surface area is 179 Å². The van der Waals surface area contributed by atoms with E-state index in [1.165, 1.54) is 19.1 Å². The molecule has 31 heavy (non-hydrogen) atoms. The van der Waals surface area contributed by atoms with Gasteiger partial charge in [0, 0.05) is 11.6 Å². The number of carbonyl (C=O) groups is 2. The average Bonchev–Trinajstić information content (AvgIpc) is 2.78. The van der Waals surface area contributed by atoms with Gasteiger partial charge in [-0.05, 0) is 31.0 Å². The molecule has 3 aromatic rings. The molecule has 0 heterocycles. The molecule has 0 spiro atoms. The molecular weight excluding hydrogens is 396 g/mol. The van der Waals surface area contributed by atoms with Crippen molar-refractivity contribution in [3.63, 3.8) is 0 Å². The molecule has 0 aromatic heterocycles. The van der Waals surface area contributed by atoms with Gasteiger partial charge in [0.1, 0.15) is 0 Å². The van der Waals surface area contributed by atoms with Crippen molar-refractivity contribution in [1.29, 1.82) is 0 Å². The number of nitrogens with one attached hydrogen (secondary N) is 1. The first-order chi connectivity index (χ1) is 14.9. The Kier molecular flexibility index (Phi) is 6.77. The Balaban J connectivity index is 1.75. The van der Waals surface area contributed by atoms with Crippen molar-refractivity contribution < 1.29 is 19.2 Å². The van der Waals surface area contributed by atoms with Crippen molar-refractivity contribution in [2.45, 2.75) is 26.0 Å². The molecule has 0 aliphatic heterocycles. The monoisotopic (exact) mass is 418 g/mol. The van der Waals surface area contributed by atoms with Crippen LogP contribution >= 0.6 is 0 Å². The number of nitrogens with zero attached hydrogens (tertiary/aromatic N) is 1. The van der Waals surface area contributed by atoms with Crippen molar-refractivity contribution in [3.8, 4) is 0 Å². The van der Waals surface area contributed by atoms with Gasteiger partial charge >= 0.3 is 5.97 Å². The van der Waals surface area contributed by atoms with Gasteiger partial charge in [-0.2, -0.15) is 0 Å². The fourth-order valence-electron chi connectivity index (χ4n) is 3.12. The van der Waals surface area contributed by atoms with Gasteiger partial charge < -0.3 is 10.1 Å². The Morgan fingerprint density at radius 1 is 0.935 bits per heavy atom. The van der Waals surface area contributed by atoms with Gasteiger partial charge in [-0.25, -0.2) is 4.79 Å². The number of hydrogen-bond donors (Lipinski definition) is 1. The zero-order valence-electron chi connectivity index (χ0n) is 17.1. The summed E-state index contributed by atoms with van der Waals surface area (Å²) in [7, 11) is 0. The fraction of sp³-hybridized carbons (Fsp3) is 0.167. The summed E-state index contributed by atoms with van der Waals surface area (Å²) in [6.07, 6.45) is -1.09. The summed E-state index contributed by atoms with van der Waals surface area (Å²) in [5.41, 5.74) is 2.03. The van der Waals surface area contributed by atoms with Crippen LogP contribution in [-0.4, -0.2) is 22.9 Å². The molecule has 3 rings (SSSR count). The van der Waals surface area contributed by atoms with Crippen molar-refractivity contribution in [2.75, 3.05) is 0 Å². The second kappa shape index (κ2) is 9.67. The van der Waals surface area contributed by atoms with Gasteiger partial charge in [0.15, 0.2) is 6.10 Å². The Bertz CT molecular complexity index is 1040. The first kappa shape index (κ1) is 21.7. The van der Waals surface area contributed by atoms with E-state index in [1.54, 1.807) is 6.92 Å². The summed E-state index contributed by atoms with van der Waals surface area (Å²) in [5.74, 6) is -1.28. The number of amides is 1. The summed E-state index contributed by atoms with van der Waals surface area (Å²) >= 11 is 0. The number of nitro benzene ring substituents is 1. The fourth-order valence-corrected chi connectivity index (χ4v) is 3.12. The molecule has 0 radical (unpaired) electrons. The highest BCUT2D eigenvalue weighted by Crippen LogP contribution is 2.23. The van der Waals surface area contributed by atoms with Crippen LogP contribution in [-0.2, 0) is 9.53 Å². The van der Waals surface area contributed by atoms with Crippen molar-refractivity contribution in [3.05, 3.63) is 111 Å². The van der Waals surface area contributed by atoms with Crippen LogP contribution in [0, 0.1) is 17.0 Å². The molecule has 158 valence electrons. The third-order valence-corrected chi connectivity index (χ3v) is 4.85. The molecule has 0 saturated heterocycles. The number of rotatable bonds is 7. The minimum absolute atomic E-state index is 0.0135. The zero-order valence-corrected chi connectivity index (χ0v) is 17.1. The predicted molar refractivity (Wildman–Crippen MR) is 116 cm³/mol. The lowest BCUT2D eigenvalue weighted by atomic mass is 9.98. The number of esters is 1. The topological polar surface area (TPSA) is 98.5 Å². The van der Waals surface area contributed by atoms with Gasteiger partial charge in [-0.1, -0.05) is 66.7 Å². The van der Waals surface area contributed by atoms with Gasteiger partial charge in [0.2, 0.25) is 0 Å². The highest BCUT2D eigenvalue weighted by molar-refractivity contribution is 5.93. The summed E-state index contributed by atoms with van der Waals surface area (Å²) in [4.78, 5) is 35.8. The number of benzene rings is 3. The second-order valence-corrected chi connectivity index (χ2v) is 7.07. The van der Waals surface area contributed by atoms with E-state index in [1.807, 2.05) is 60.7 Å². The number of carbonyl (C=O) groups excluding carboxylic acids is 2. The lowest BCUT2D eigenvalue weighted by Gasteiger charge is -2.22. The van der Waals surface area contributed by atoms with Crippen LogP contribution in [0.4, 0.5) is 5.69 Å². The van der Waals surface area contributed by atoms with E-state index < -0.39 is 28.9 Å². The first-order valence-corrected chi connectivity index (χ1v) is 9.73. The number of ether oxygens (including phenoxy) is 1. The molecule has 0 saturated carbocycles. The van der Waals surface area contributed by atoms with Gasteiger partial charge in [0.05, 0.1) is 16.5 Å². The summed E-state index contributed by atoms with van der Waals surface area (Å²) < 4.78 is 5.27. The molecule has 0 bridgehead atoms. The molecule has 0 unspecified atom stereocenters. The van der Waals surface area contributed by atoms with Crippen molar-refractivity contribution >= 4 is 17.6 Å². The second-order valence-electron chi connectivity index (χ2n) is 7.07. The van der Waals surface area contributed by atoms with E-state index in [2.05, 4.69) is 5.32 Å². The highest BCUT2D eigenvalue weighted by atomic mass is 16.6. The Morgan fingerprint density at radius 3 is 2.00 bits per heavy atom. The standard InChI is InChI=1S/C24H22N2O5/c1-16-13-14-20(15-21(16)26(29)30)24(28)31-17(2)23(27)25-22(18-9-5-3-6-10-18)19-11-7-4-8-12-19/h3-15,17,22H,1-2H3,(H,25,27)/t17-/m0/s1. The SMILES string of the molecule is Cc1ccc(C(=O)O[C@@H](C)C(=O)NC(c2ccccc2)c2ccccc2)cc1[N+](=O)[O-]. The lowest BCUT2D eigenvalue weighted by molar-refractivity contribution is -0.385. The molecule has 0 fully saturated rings. The summed E-state index contributed by atoms with van der Waals surface area (Å²) in [6, 6.07) is 22.5. The number of nitro groups is 1. The maximum Gasteiger partial charge on any atom is 0.339 e. The predicted octanol–water partition coefficient (Wildman–Crippen LogP) is 4.35. The zero-order chi connectivity index (χ0) is 22.4. The molecule has 1 amide bonds. The average molecular weight is 418 g/mol. The first-order valence-electron chi connectivity index (χ1n) is 9.73. The molecule has 3 aromatic carbocycles. The van der Waals surface area contributed by atoms with Gasteiger partial charge in [0.25, 0.3) is 11.6 Å². The quantitative estimate of drug-likeness (QED) is 0.349. The molecule has 7 heteroatoms. The van der Waals surface area contributed by atoms with Crippen LogP contribution in [0.2, 0.25) is 0 Å². The molecule has 0 aliphatic carbocycles. The number of hydrogen-bond acceptors (Lipinski definition) is 5. The summed E-state index contributed by atoms with van der Waals surface area (Å²) in [5, 5.41) is 14.0. The van der Waals surface area contributed by atoms with E-state index in [9.17, 15) is 19.7 Å². The molecule has 1 atom stereocenters. The minimum Gasteiger partial charge on any atom is -0.449 e. The maximum atomic E-state index is 12.8. The van der Waals surface area contributed by atoms with Crippen LogP contribution in [0.25, 0.3) is 0 Å². The third kappa shape index (κ3) is 5.33. The van der Waals surface area contributed by atoms with Crippen LogP contribution in [0.3, 0.4) is 0 Å². The van der Waals surface area contributed by atoms with Crippen molar-refractivity contribution in [2.24, 2.45) is 0 Å². The van der Waals surface area contributed by atoms with E-state index in [0.717, 1.165) is 17.2 Å². The van der Waals surface area contributed by atoms with E-state index in [0.29, 0.717) is 5.56 Å². The largest absolute Gasteiger partial charge is 0.449 e. The highest BCUT2D eigenvalue weighted by Gasteiger charge is 2.24. The van der Waals surface area contributed by atoms with Gasteiger partial charge in [-0.15, -0.1) is 0 Å². The van der Waals surface area contributed by atoms with Crippen molar-refractivity contribution in [1.82, 2.24) is 5.32 Å². The summed E-state index contributed by atoms with van der Waals surface area (Å²) in [6.45, 7) is 3.04.